The van der Waals surface area contributed by atoms with Gasteiger partial charge >= 0.3 is 5.69 Å². The molecule has 2 aromatic rings. The van der Waals surface area contributed by atoms with Crippen molar-refractivity contribution in [2.75, 3.05) is 0 Å². The maximum atomic E-state index is 12.8. The Hall–Kier alpha value is -2.44. The highest BCUT2D eigenvalue weighted by Gasteiger charge is 2.13. The Balaban J connectivity index is 1.85. The lowest BCUT2D eigenvalue weighted by Crippen LogP contribution is -2.30. The molecule has 7 heteroatoms. The highest BCUT2D eigenvalue weighted by atomic mass is 19.1. The largest absolute Gasteiger partial charge is 0.349 e. The molecule has 3 N–H and O–H groups in total. The molecule has 0 aliphatic heterocycles. The Labute approximate surface area is 114 Å². The minimum atomic E-state index is -0.409. The van der Waals surface area contributed by atoms with E-state index in [4.69, 9.17) is 0 Å². The topological polar surface area (TPSA) is 90.6 Å². The number of benzene rings is 1. The standard InChI is InChI=1S/C13H15FN4O2/c1-8(6-9-2-4-10(14)5-3-9)12(19)15-7-11-16-13(20)18-17-11/h2-5,8H,6-7H2,1H3,(H,15,19)(H2,16,17,18,20). The number of hydrogen-bond donors (Lipinski definition) is 3. The summed E-state index contributed by atoms with van der Waals surface area (Å²) in [5.74, 6) is -0.338. The summed E-state index contributed by atoms with van der Waals surface area (Å²) in [7, 11) is 0. The maximum absolute atomic E-state index is 12.8. The molecule has 0 aliphatic rings. The monoisotopic (exact) mass is 278 g/mol. The summed E-state index contributed by atoms with van der Waals surface area (Å²) in [4.78, 5) is 25.1. The molecule has 0 spiro atoms. The van der Waals surface area contributed by atoms with Gasteiger partial charge in [-0.25, -0.2) is 14.3 Å². The Morgan fingerprint density at radius 3 is 2.70 bits per heavy atom. The van der Waals surface area contributed by atoms with Crippen LogP contribution < -0.4 is 11.0 Å². The second-order valence-corrected chi connectivity index (χ2v) is 4.57. The van der Waals surface area contributed by atoms with Crippen LogP contribution in [0.1, 0.15) is 18.3 Å². The summed E-state index contributed by atoms with van der Waals surface area (Å²) in [5.41, 5.74) is 0.482. The van der Waals surface area contributed by atoms with Crippen molar-refractivity contribution < 1.29 is 9.18 Å². The zero-order valence-electron chi connectivity index (χ0n) is 10.9. The van der Waals surface area contributed by atoms with Crippen molar-refractivity contribution in [3.05, 3.63) is 52.0 Å². The predicted octanol–water partition coefficient (Wildman–Crippen LogP) is 0.732. The van der Waals surface area contributed by atoms with Gasteiger partial charge < -0.3 is 5.32 Å². The minimum Gasteiger partial charge on any atom is -0.349 e. The van der Waals surface area contributed by atoms with Crippen LogP contribution in [0, 0.1) is 11.7 Å². The van der Waals surface area contributed by atoms with Crippen LogP contribution in [-0.4, -0.2) is 21.1 Å². The molecule has 1 amide bonds. The number of aromatic nitrogens is 3. The average molecular weight is 278 g/mol. The molecule has 0 bridgehead atoms. The molecule has 0 aliphatic carbocycles. The van der Waals surface area contributed by atoms with Gasteiger partial charge in [-0.1, -0.05) is 19.1 Å². The first-order valence-corrected chi connectivity index (χ1v) is 6.20. The van der Waals surface area contributed by atoms with E-state index in [1.54, 1.807) is 19.1 Å². The molecule has 0 saturated carbocycles. The highest BCUT2D eigenvalue weighted by Crippen LogP contribution is 2.09. The number of nitrogens with one attached hydrogen (secondary N) is 3. The second-order valence-electron chi connectivity index (χ2n) is 4.57. The van der Waals surface area contributed by atoms with Gasteiger partial charge in [0, 0.05) is 5.92 Å². The third kappa shape index (κ3) is 3.78. The minimum absolute atomic E-state index is 0.154. The Kier molecular flexibility index (Phi) is 4.29. The molecular weight excluding hydrogens is 263 g/mol. The van der Waals surface area contributed by atoms with Gasteiger partial charge in [0.25, 0.3) is 0 Å². The molecule has 1 aromatic heterocycles. The Bertz CT molecular complexity index is 632. The van der Waals surface area contributed by atoms with Crippen molar-refractivity contribution in [1.29, 1.82) is 0 Å². The lowest BCUT2D eigenvalue weighted by atomic mass is 10.0. The lowest BCUT2D eigenvalue weighted by Gasteiger charge is -2.11. The Morgan fingerprint density at radius 2 is 2.10 bits per heavy atom. The van der Waals surface area contributed by atoms with Gasteiger partial charge in [0.15, 0.2) is 0 Å². The number of rotatable bonds is 5. The first kappa shape index (κ1) is 14.0. The molecule has 0 radical (unpaired) electrons. The summed E-state index contributed by atoms with van der Waals surface area (Å²) in [6.45, 7) is 1.94. The third-order valence-corrected chi connectivity index (χ3v) is 2.88. The molecular formula is C13H15FN4O2. The fourth-order valence-corrected chi connectivity index (χ4v) is 1.80. The van der Waals surface area contributed by atoms with E-state index in [1.165, 1.54) is 12.1 Å². The molecule has 20 heavy (non-hydrogen) atoms. The van der Waals surface area contributed by atoms with Crippen molar-refractivity contribution in [3.63, 3.8) is 0 Å². The van der Waals surface area contributed by atoms with Crippen molar-refractivity contribution >= 4 is 5.91 Å². The van der Waals surface area contributed by atoms with Gasteiger partial charge in [-0.05, 0) is 24.1 Å². The summed E-state index contributed by atoms with van der Waals surface area (Å²) in [5, 5.41) is 8.59. The zero-order chi connectivity index (χ0) is 14.5. The summed E-state index contributed by atoms with van der Waals surface area (Å²) in [6.07, 6.45) is 0.517. The van der Waals surface area contributed by atoms with E-state index in [-0.39, 0.29) is 24.2 Å². The first-order valence-electron chi connectivity index (χ1n) is 6.20. The van der Waals surface area contributed by atoms with Crippen LogP contribution in [0.5, 0.6) is 0 Å². The fourth-order valence-electron chi connectivity index (χ4n) is 1.80. The van der Waals surface area contributed by atoms with Crippen molar-refractivity contribution in [1.82, 2.24) is 20.5 Å². The molecule has 1 heterocycles. The number of carbonyl (C=O) groups is 1. The fraction of sp³-hybridized carbons (Fsp3) is 0.308. The molecule has 0 fully saturated rings. The second kappa shape index (κ2) is 6.14. The van der Waals surface area contributed by atoms with Gasteiger partial charge in [-0.3, -0.25) is 9.78 Å². The van der Waals surface area contributed by atoms with Crippen LogP contribution in [0.3, 0.4) is 0 Å². The van der Waals surface area contributed by atoms with Gasteiger partial charge in [-0.2, -0.15) is 5.10 Å². The van der Waals surface area contributed by atoms with Gasteiger partial charge in [0.1, 0.15) is 11.6 Å². The highest BCUT2D eigenvalue weighted by molar-refractivity contribution is 5.78. The van der Waals surface area contributed by atoms with Crippen LogP contribution in [-0.2, 0) is 17.8 Å². The number of carbonyl (C=O) groups excluding carboxylic acids is 1. The maximum Gasteiger partial charge on any atom is 0.340 e. The molecule has 1 unspecified atom stereocenters. The molecule has 2 rings (SSSR count). The number of amides is 1. The van der Waals surface area contributed by atoms with Gasteiger partial charge in [0.05, 0.1) is 6.54 Å². The van der Waals surface area contributed by atoms with Gasteiger partial charge in [0.2, 0.25) is 5.91 Å². The third-order valence-electron chi connectivity index (χ3n) is 2.88. The molecule has 106 valence electrons. The molecule has 0 saturated heterocycles. The molecule has 1 atom stereocenters. The van der Waals surface area contributed by atoms with E-state index in [2.05, 4.69) is 20.5 Å². The van der Waals surface area contributed by atoms with Crippen LogP contribution in [0.2, 0.25) is 0 Å². The van der Waals surface area contributed by atoms with E-state index in [9.17, 15) is 14.0 Å². The smallest absolute Gasteiger partial charge is 0.340 e. The summed E-state index contributed by atoms with van der Waals surface area (Å²) in [6, 6.07) is 6.05. The lowest BCUT2D eigenvalue weighted by molar-refractivity contribution is -0.124. The van der Waals surface area contributed by atoms with Crippen molar-refractivity contribution in [2.45, 2.75) is 19.9 Å². The average Bonchev–Trinajstić information content (AvgIpc) is 2.84. The van der Waals surface area contributed by atoms with E-state index >= 15 is 0 Å². The molecule has 6 nitrogen and oxygen atoms in total. The summed E-state index contributed by atoms with van der Waals surface area (Å²) < 4.78 is 12.8. The van der Waals surface area contributed by atoms with Crippen LogP contribution in [0.4, 0.5) is 4.39 Å². The zero-order valence-corrected chi connectivity index (χ0v) is 10.9. The number of halogens is 1. The van der Waals surface area contributed by atoms with Crippen molar-refractivity contribution in [3.8, 4) is 0 Å². The van der Waals surface area contributed by atoms with E-state index in [1.807, 2.05) is 0 Å². The predicted molar refractivity (Wildman–Crippen MR) is 70.3 cm³/mol. The number of hydrogen-bond acceptors (Lipinski definition) is 3. The number of nitrogens with zero attached hydrogens (tertiary/aromatic N) is 1. The van der Waals surface area contributed by atoms with Crippen LogP contribution in [0.15, 0.2) is 29.1 Å². The number of H-pyrrole nitrogens is 2. The quantitative estimate of drug-likeness (QED) is 0.753. The van der Waals surface area contributed by atoms with E-state index in [0.717, 1.165) is 5.56 Å². The summed E-state index contributed by atoms with van der Waals surface area (Å²) >= 11 is 0. The van der Waals surface area contributed by atoms with Gasteiger partial charge in [-0.15, -0.1) is 0 Å². The van der Waals surface area contributed by atoms with E-state index in [0.29, 0.717) is 12.2 Å². The normalized spacial score (nSPS) is 12.1. The molecule has 1 aromatic carbocycles. The SMILES string of the molecule is CC(Cc1ccc(F)cc1)C(=O)NCc1n[nH]c(=O)[nH]1. The Morgan fingerprint density at radius 1 is 1.40 bits per heavy atom. The van der Waals surface area contributed by atoms with E-state index < -0.39 is 5.69 Å². The van der Waals surface area contributed by atoms with Crippen molar-refractivity contribution in [2.24, 2.45) is 5.92 Å². The van der Waals surface area contributed by atoms with Crippen LogP contribution >= 0.6 is 0 Å². The van der Waals surface area contributed by atoms with Crippen LogP contribution in [0.25, 0.3) is 0 Å². The first-order chi connectivity index (χ1) is 9.54. The number of aromatic amines is 2.